The number of nitrogens with zero attached hydrogens (tertiary/aromatic N) is 5. The Morgan fingerprint density at radius 1 is 1.25 bits per heavy atom. The van der Waals surface area contributed by atoms with Gasteiger partial charge in [-0.25, -0.2) is 0 Å². The quantitative estimate of drug-likeness (QED) is 0.715. The molecule has 3 aromatic rings. The zero-order valence-corrected chi connectivity index (χ0v) is 13.0. The van der Waals surface area contributed by atoms with Crippen LogP contribution < -0.4 is 4.90 Å². The molecule has 126 valence electrons. The van der Waals surface area contributed by atoms with E-state index in [0.717, 1.165) is 12.6 Å². The molecule has 0 spiro atoms. The van der Waals surface area contributed by atoms with Gasteiger partial charge < -0.3 is 9.42 Å². The van der Waals surface area contributed by atoms with Crippen molar-refractivity contribution >= 4 is 5.69 Å². The smallest absolute Gasteiger partial charge is 0.304 e. The Hall–Kier alpha value is -2.84. The van der Waals surface area contributed by atoms with E-state index in [1.54, 1.807) is 0 Å². The summed E-state index contributed by atoms with van der Waals surface area (Å²) in [5, 5.41) is 17.5. The lowest BCUT2D eigenvalue weighted by Crippen LogP contribution is -2.25. The summed E-state index contributed by atoms with van der Waals surface area (Å²) < 4.78 is 31.3. The van der Waals surface area contributed by atoms with Gasteiger partial charge in [-0.05, 0) is 12.1 Å². The molecular weight excluding hydrogens is 318 g/mol. The van der Waals surface area contributed by atoms with E-state index < -0.39 is 11.7 Å². The molecule has 7 nitrogen and oxygen atoms in total. The molecule has 1 N–H and O–H groups in total. The average molecular weight is 334 g/mol. The number of tetrazole rings is 1. The van der Waals surface area contributed by atoms with E-state index in [1.807, 2.05) is 35.2 Å². The van der Waals surface area contributed by atoms with Gasteiger partial charge in [0.15, 0.2) is 5.82 Å². The molecule has 0 aliphatic carbocycles. The molecule has 3 rings (SSSR count). The fraction of sp³-hybridized carbons (Fsp3) is 0.333. The third-order valence-corrected chi connectivity index (χ3v) is 3.46. The molecule has 0 saturated heterocycles. The maximum atomic E-state index is 13.3. The second-order valence-electron chi connectivity index (χ2n) is 5.41. The van der Waals surface area contributed by atoms with Gasteiger partial charge in [-0.15, -0.1) is 10.2 Å². The maximum absolute atomic E-state index is 13.3. The standard InChI is InChI=1S/C15H16F2N6O/c1-15(16,17)13-9-11(20-24-13)10-23(12-5-3-2-4-6-12)8-7-14-18-21-22-19-14/h2-6,9H,7-8,10H2,1H3,(H,18,19,21,22). The number of nitrogens with one attached hydrogen (secondary N) is 1. The van der Waals surface area contributed by atoms with E-state index in [9.17, 15) is 8.78 Å². The topological polar surface area (TPSA) is 83.7 Å². The Morgan fingerprint density at radius 2 is 2.04 bits per heavy atom. The number of alkyl halides is 2. The first kappa shape index (κ1) is 16.0. The first-order chi connectivity index (χ1) is 11.5. The monoisotopic (exact) mass is 334 g/mol. The Balaban J connectivity index is 1.75. The lowest BCUT2D eigenvalue weighted by Gasteiger charge is -2.23. The van der Waals surface area contributed by atoms with Crippen molar-refractivity contribution in [2.75, 3.05) is 11.4 Å². The van der Waals surface area contributed by atoms with Gasteiger partial charge in [-0.2, -0.15) is 14.0 Å². The first-order valence-corrected chi connectivity index (χ1v) is 7.38. The largest absolute Gasteiger partial charge is 0.365 e. The van der Waals surface area contributed by atoms with Crippen LogP contribution in [0.15, 0.2) is 40.9 Å². The molecule has 0 saturated carbocycles. The van der Waals surface area contributed by atoms with Gasteiger partial charge in [-0.3, -0.25) is 0 Å². The highest BCUT2D eigenvalue weighted by molar-refractivity contribution is 5.46. The molecule has 0 atom stereocenters. The molecule has 0 radical (unpaired) electrons. The summed E-state index contributed by atoms with van der Waals surface area (Å²) in [7, 11) is 0. The summed E-state index contributed by atoms with van der Waals surface area (Å²) in [6, 6.07) is 10.9. The van der Waals surface area contributed by atoms with Gasteiger partial charge in [0.2, 0.25) is 5.76 Å². The van der Waals surface area contributed by atoms with E-state index in [0.29, 0.717) is 31.0 Å². The number of hydrogen-bond acceptors (Lipinski definition) is 6. The summed E-state index contributed by atoms with van der Waals surface area (Å²) in [6.07, 6.45) is 0.556. The Morgan fingerprint density at radius 3 is 2.67 bits per heavy atom. The predicted molar refractivity (Wildman–Crippen MR) is 81.4 cm³/mol. The Kier molecular flexibility index (Phi) is 4.50. The molecule has 2 heterocycles. The summed E-state index contributed by atoms with van der Waals surface area (Å²) >= 11 is 0. The molecule has 0 bridgehead atoms. The van der Waals surface area contributed by atoms with Crippen LogP contribution in [0.2, 0.25) is 0 Å². The molecule has 1 aromatic carbocycles. The van der Waals surface area contributed by atoms with Crippen molar-refractivity contribution in [3.05, 3.63) is 53.7 Å². The van der Waals surface area contributed by atoms with Crippen molar-refractivity contribution in [2.45, 2.75) is 25.8 Å². The van der Waals surface area contributed by atoms with Crippen LogP contribution in [0.25, 0.3) is 0 Å². The number of aromatic amines is 1. The van der Waals surface area contributed by atoms with E-state index in [-0.39, 0.29) is 0 Å². The van der Waals surface area contributed by atoms with Crippen molar-refractivity contribution in [1.29, 1.82) is 0 Å². The molecule has 0 amide bonds. The minimum atomic E-state index is -3.05. The number of aromatic nitrogens is 5. The number of H-pyrrole nitrogens is 1. The first-order valence-electron chi connectivity index (χ1n) is 7.38. The fourth-order valence-corrected chi connectivity index (χ4v) is 2.25. The third-order valence-electron chi connectivity index (χ3n) is 3.46. The fourth-order valence-electron chi connectivity index (χ4n) is 2.25. The summed E-state index contributed by atoms with van der Waals surface area (Å²) in [4.78, 5) is 1.99. The molecule has 2 aromatic heterocycles. The van der Waals surface area contributed by atoms with Crippen molar-refractivity contribution in [2.24, 2.45) is 0 Å². The van der Waals surface area contributed by atoms with E-state index in [4.69, 9.17) is 4.52 Å². The number of hydrogen-bond donors (Lipinski definition) is 1. The zero-order valence-electron chi connectivity index (χ0n) is 13.0. The molecule has 0 aliphatic rings. The highest BCUT2D eigenvalue weighted by atomic mass is 19.3. The van der Waals surface area contributed by atoms with Crippen LogP contribution in [0.3, 0.4) is 0 Å². The number of anilines is 1. The normalized spacial score (nSPS) is 11.6. The molecule has 9 heteroatoms. The minimum Gasteiger partial charge on any atom is -0.365 e. The van der Waals surface area contributed by atoms with Crippen molar-refractivity contribution in [3.8, 4) is 0 Å². The van der Waals surface area contributed by atoms with Gasteiger partial charge in [0, 0.05) is 31.6 Å². The van der Waals surface area contributed by atoms with Crippen LogP contribution in [-0.2, 0) is 18.9 Å². The van der Waals surface area contributed by atoms with Crippen LogP contribution >= 0.6 is 0 Å². The second kappa shape index (κ2) is 6.73. The van der Waals surface area contributed by atoms with Crippen LogP contribution in [0, 0.1) is 0 Å². The lowest BCUT2D eigenvalue weighted by atomic mass is 10.2. The molecule has 24 heavy (non-hydrogen) atoms. The zero-order chi connectivity index (χ0) is 17.0. The minimum absolute atomic E-state index is 0.335. The number of para-hydroxylation sites is 1. The van der Waals surface area contributed by atoms with Crippen molar-refractivity contribution in [1.82, 2.24) is 25.8 Å². The third kappa shape index (κ3) is 3.92. The van der Waals surface area contributed by atoms with Crippen molar-refractivity contribution < 1.29 is 13.3 Å². The second-order valence-corrected chi connectivity index (χ2v) is 5.41. The van der Waals surface area contributed by atoms with Gasteiger partial charge in [0.1, 0.15) is 5.69 Å². The highest BCUT2D eigenvalue weighted by Crippen LogP contribution is 2.28. The molecule has 0 fully saturated rings. The van der Waals surface area contributed by atoms with Crippen LogP contribution in [0.5, 0.6) is 0 Å². The van der Waals surface area contributed by atoms with Crippen LogP contribution in [-0.4, -0.2) is 32.3 Å². The van der Waals surface area contributed by atoms with Gasteiger partial charge >= 0.3 is 5.92 Å². The van der Waals surface area contributed by atoms with Gasteiger partial charge in [0.25, 0.3) is 0 Å². The van der Waals surface area contributed by atoms with Crippen LogP contribution in [0.4, 0.5) is 14.5 Å². The van der Waals surface area contributed by atoms with E-state index in [1.165, 1.54) is 6.07 Å². The highest BCUT2D eigenvalue weighted by Gasteiger charge is 2.30. The van der Waals surface area contributed by atoms with Gasteiger partial charge in [0.05, 0.1) is 6.54 Å². The molecular formula is C15H16F2N6O. The Labute approximate surface area is 136 Å². The summed E-state index contributed by atoms with van der Waals surface area (Å²) in [5.74, 6) is -2.91. The maximum Gasteiger partial charge on any atom is 0.304 e. The van der Waals surface area contributed by atoms with E-state index in [2.05, 4.69) is 25.8 Å². The summed E-state index contributed by atoms with van der Waals surface area (Å²) in [5.41, 5.74) is 1.37. The van der Waals surface area contributed by atoms with Crippen LogP contribution in [0.1, 0.15) is 24.2 Å². The average Bonchev–Trinajstić information content (AvgIpc) is 3.23. The Bertz CT molecular complexity index is 754. The molecule has 0 unspecified atom stereocenters. The van der Waals surface area contributed by atoms with Gasteiger partial charge in [-0.1, -0.05) is 28.6 Å². The predicted octanol–water partition coefficient (Wildman–Crippen LogP) is 2.55. The van der Waals surface area contributed by atoms with E-state index >= 15 is 0 Å². The molecule has 0 aliphatic heterocycles. The number of benzene rings is 1. The number of rotatable bonds is 7. The van der Waals surface area contributed by atoms with Crippen molar-refractivity contribution in [3.63, 3.8) is 0 Å². The SMILES string of the molecule is CC(F)(F)c1cc(CN(CCc2nn[nH]n2)c2ccccc2)no1. The lowest BCUT2D eigenvalue weighted by molar-refractivity contribution is -0.0105. The number of halogens is 2. The summed E-state index contributed by atoms with van der Waals surface area (Å²) in [6.45, 7) is 1.69.